The fraction of sp³-hybridized carbons (Fsp3) is 0.880. The highest BCUT2D eigenvalue weighted by Gasteiger charge is 2.62. The molecule has 3 nitrogen and oxygen atoms in total. The molecule has 4 aliphatic carbocycles. The maximum Gasteiger partial charge on any atom is 0.184 e. The molecule has 0 bridgehead atoms. The molecule has 0 amide bonds. The van der Waals surface area contributed by atoms with E-state index in [9.17, 15) is 4.79 Å². The molecule has 0 spiro atoms. The second-order valence-corrected chi connectivity index (χ2v) is 22.1. The van der Waals surface area contributed by atoms with E-state index in [1.807, 2.05) is 0 Å². The van der Waals surface area contributed by atoms with Gasteiger partial charge in [0.15, 0.2) is 22.4 Å². The molecule has 4 rings (SSSR count). The molecular weight excluding hydrogens is 404 g/mol. The van der Waals surface area contributed by atoms with Crippen molar-refractivity contribution in [1.82, 2.24) is 0 Å². The second-order valence-electron chi connectivity index (χ2n) is 13.2. The Morgan fingerprint density at radius 1 is 0.900 bits per heavy atom. The minimum absolute atomic E-state index is 0.0401. The van der Waals surface area contributed by atoms with Gasteiger partial charge in [-0.05, 0) is 101 Å². The average Bonchev–Trinajstić information content (AvgIpc) is 2.84. The summed E-state index contributed by atoms with van der Waals surface area (Å²) < 4.78 is 13.0. The minimum atomic E-state index is -1.74. The van der Waals surface area contributed by atoms with Crippen LogP contribution < -0.4 is 0 Å². The van der Waals surface area contributed by atoms with E-state index in [-0.39, 0.29) is 11.5 Å². The maximum absolute atomic E-state index is 13.1. The number of carbonyl (C=O) groups excluding carboxylic acids is 1. The highest BCUT2D eigenvalue weighted by atomic mass is 28.4. The first-order valence-corrected chi connectivity index (χ1v) is 19.1. The van der Waals surface area contributed by atoms with Gasteiger partial charge >= 0.3 is 0 Å². The lowest BCUT2D eigenvalue weighted by Crippen LogP contribution is -2.53. The van der Waals surface area contributed by atoms with Crippen LogP contribution in [0.2, 0.25) is 39.3 Å². The van der Waals surface area contributed by atoms with Crippen molar-refractivity contribution in [2.75, 3.05) is 0 Å². The summed E-state index contributed by atoms with van der Waals surface area (Å²) in [5.74, 6) is 2.25. The number of ketones is 1. The van der Waals surface area contributed by atoms with Gasteiger partial charge in [0.25, 0.3) is 0 Å². The SMILES string of the molecule is C[C@]12CC[C@H]3[C@@H](CC=C4C[C@@H](O[Si](C)(C)C)CC[C@@]43C)[C@@H]1CC(=O)[C@@H]2O[Si](C)(C)C. The van der Waals surface area contributed by atoms with Crippen LogP contribution in [0, 0.1) is 28.6 Å². The summed E-state index contributed by atoms with van der Waals surface area (Å²) in [7, 11) is -3.24. The van der Waals surface area contributed by atoms with E-state index in [0.717, 1.165) is 31.6 Å². The lowest BCUT2D eigenvalue weighted by atomic mass is 9.48. The number of allylic oxidation sites excluding steroid dienone is 1. The van der Waals surface area contributed by atoms with Crippen molar-refractivity contribution in [2.24, 2.45) is 28.6 Å². The van der Waals surface area contributed by atoms with E-state index in [4.69, 9.17) is 8.85 Å². The van der Waals surface area contributed by atoms with Crippen molar-refractivity contribution in [3.63, 3.8) is 0 Å². The van der Waals surface area contributed by atoms with Crippen molar-refractivity contribution >= 4 is 22.4 Å². The molecule has 0 aliphatic heterocycles. The minimum Gasteiger partial charge on any atom is -0.414 e. The normalized spacial score (nSPS) is 44.2. The molecule has 0 aromatic heterocycles. The molecule has 0 N–H and O–H groups in total. The van der Waals surface area contributed by atoms with Gasteiger partial charge in [-0.3, -0.25) is 4.79 Å². The number of fused-ring (bicyclic) bond motifs is 5. The van der Waals surface area contributed by atoms with Crippen molar-refractivity contribution in [3.8, 4) is 0 Å². The molecule has 0 aromatic carbocycles. The molecule has 170 valence electrons. The van der Waals surface area contributed by atoms with E-state index in [1.54, 1.807) is 5.57 Å². The van der Waals surface area contributed by atoms with Crippen LogP contribution in [0.25, 0.3) is 0 Å². The van der Waals surface area contributed by atoms with E-state index in [1.165, 1.54) is 19.3 Å². The second kappa shape index (κ2) is 7.39. The Balaban J connectivity index is 1.57. The number of carbonyl (C=O) groups is 1. The number of Topliss-reactive ketones (excluding diaryl/α,β-unsaturated/α-hetero) is 1. The summed E-state index contributed by atoms with van der Waals surface area (Å²) in [5, 5.41) is 0. The largest absolute Gasteiger partial charge is 0.414 e. The Morgan fingerprint density at radius 3 is 2.20 bits per heavy atom. The summed E-state index contributed by atoms with van der Waals surface area (Å²) in [4.78, 5) is 13.1. The summed E-state index contributed by atoms with van der Waals surface area (Å²) in [6.45, 7) is 18.5. The number of hydrogen-bond acceptors (Lipinski definition) is 3. The Morgan fingerprint density at radius 2 is 1.57 bits per heavy atom. The van der Waals surface area contributed by atoms with Gasteiger partial charge in [0.1, 0.15) is 6.10 Å². The van der Waals surface area contributed by atoms with Crippen LogP contribution in [0.3, 0.4) is 0 Å². The van der Waals surface area contributed by atoms with Crippen molar-refractivity contribution < 1.29 is 13.6 Å². The molecule has 0 saturated heterocycles. The Kier molecular flexibility index (Phi) is 5.65. The van der Waals surface area contributed by atoms with E-state index < -0.39 is 16.6 Å². The van der Waals surface area contributed by atoms with Crippen LogP contribution in [0.15, 0.2) is 11.6 Å². The third kappa shape index (κ3) is 3.97. The lowest BCUT2D eigenvalue weighted by molar-refractivity contribution is -0.127. The molecule has 4 aliphatic rings. The predicted molar refractivity (Wildman–Crippen MR) is 129 cm³/mol. The fourth-order valence-corrected chi connectivity index (χ4v) is 9.84. The van der Waals surface area contributed by atoms with Crippen LogP contribution in [-0.2, 0) is 13.6 Å². The van der Waals surface area contributed by atoms with Gasteiger partial charge in [-0.15, -0.1) is 0 Å². The molecule has 7 atom stereocenters. The average molecular weight is 449 g/mol. The standard InChI is InChI=1S/C25H44O3Si2/c1-24-13-11-18(27-29(3,4)5)15-17(24)9-10-19-20(24)12-14-25(2)21(19)16-22(26)23(25)28-30(6,7)8/h9,18-21,23H,10-16H2,1-8H3/t18-,19+,20-,21-,23-,24-,25-/m0/s1. The van der Waals surface area contributed by atoms with Gasteiger partial charge in [0.2, 0.25) is 0 Å². The van der Waals surface area contributed by atoms with E-state index in [0.29, 0.717) is 29.1 Å². The van der Waals surface area contributed by atoms with Crippen molar-refractivity contribution in [2.45, 2.75) is 110 Å². The maximum atomic E-state index is 13.1. The Hall–Kier alpha value is -0.236. The van der Waals surface area contributed by atoms with Gasteiger partial charge < -0.3 is 8.85 Å². The molecule has 0 unspecified atom stereocenters. The van der Waals surface area contributed by atoms with Crippen LogP contribution in [-0.4, -0.2) is 34.6 Å². The fourth-order valence-electron chi connectivity index (χ4n) is 7.53. The van der Waals surface area contributed by atoms with E-state index in [2.05, 4.69) is 59.2 Å². The Labute approximate surface area is 186 Å². The molecule has 30 heavy (non-hydrogen) atoms. The van der Waals surface area contributed by atoms with E-state index >= 15 is 0 Å². The zero-order valence-corrected chi connectivity index (χ0v) is 22.6. The smallest absolute Gasteiger partial charge is 0.184 e. The zero-order chi connectivity index (χ0) is 22.1. The molecular formula is C25H44O3Si2. The molecule has 0 heterocycles. The summed E-state index contributed by atoms with van der Waals surface area (Å²) in [6.07, 6.45) is 10.7. The van der Waals surface area contributed by atoms with Crippen LogP contribution in [0.1, 0.15) is 58.8 Å². The van der Waals surface area contributed by atoms with Gasteiger partial charge in [-0.1, -0.05) is 25.5 Å². The van der Waals surface area contributed by atoms with Crippen LogP contribution in [0.4, 0.5) is 0 Å². The van der Waals surface area contributed by atoms with Crippen molar-refractivity contribution in [3.05, 3.63) is 11.6 Å². The van der Waals surface area contributed by atoms with Gasteiger partial charge in [-0.25, -0.2) is 0 Å². The summed E-state index contributed by atoms with van der Waals surface area (Å²) >= 11 is 0. The third-order valence-corrected chi connectivity index (χ3v) is 10.8. The zero-order valence-electron chi connectivity index (χ0n) is 20.6. The third-order valence-electron chi connectivity index (χ3n) is 8.80. The van der Waals surface area contributed by atoms with Gasteiger partial charge in [0.05, 0.1) is 0 Å². The van der Waals surface area contributed by atoms with Crippen molar-refractivity contribution in [1.29, 1.82) is 0 Å². The number of hydrogen-bond donors (Lipinski definition) is 0. The Bertz CT molecular complexity index is 734. The molecule has 0 radical (unpaired) electrons. The summed E-state index contributed by atoms with van der Waals surface area (Å²) in [5.41, 5.74) is 2.02. The lowest BCUT2D eigenvalue weighted by Gasteiger charge is -2.58. The van der Waals surface area contributed by atoms with Crippen LogP contribution >= 0.6 is 0 Å². The van der Waals surface area contributed by atoms with Gasteiger partial charge in [-0.2, -0.15) is 0 Å². The van der Waals surface area contributed by atoms with Gasteiger partial charge in [0, 0.05) is 17.9 Å². The number of rotatable bonds is 4. The highest BCUT2D eigenvalue weighted by molar-refractivity contribution is 6.70. The molecule has 0 aromatic rings. The molecule has 5 heteroatoms. The summed E-state index contributed by atoms with van der Waals surface area (Å²) in [6, 6.07) is 0. The quantitative estimate of drug-likeness (QED) is 0.360. The molecule has 3 saturated carbocycles. The molecule has 3 fully saturated rings. The predicted octanol–water partition coefficient (Wildman–Crippen LogP) is 6.57. The topological polar surface area (TPSA) is 35.5 Å². The first-order chi connectivity index (χ1) is 13.7. The monoisotopic (exact) mass is 448 g/mol. The highest BCUT2D eigenvalue weighted by Crippen LogP contribution is 2.65. The first-order valence-electron chi connectivity index (χ1n) is 12.3. The first kappa shape index (κ1) is 22.9. The van der Waals surface area contributed by atoms with Crippen LogP contribution in [0.5, 0.6) is 0 Å².